The third kappa shape index (κ3) is 2.92. The Balaban J connectivity index is 1.95. The number of aromatic nitrogens is 2. The van der Waals surface area contributed by atoms with E-state index in [1.807, 2.05) is 19.1 Å². The van der Waals surface area contributed by atoms with Crippen LogP contribution in [0.1, 0.15) is 50.6 Å². The summed E-state index contributed by atoms with van der Waals surface area (Å²) in [6.45, 7) is 2.03. The van der Waals surface area contributed by atoms with E-state index >= 15 is 0 Å². The smallest absolute Gasteiger partial charge is 0.315 e. The fourth-order valence-corrected chi connectivity index (χ4v) is 3.11. The van der Waals surface area contributed by atoms with Gasteiger partial charge in [-0.2, -0.15) is 5.26 Å². The molecule has 1 amide bonds. The van der Waals surface area contributed by atoms with Gasteiger partial charge in [0.05, 0.1) is 0 Å². The van der Waals surface area contributed by atoms with Crippen molar-refractivity contribution < 1.29 is 4.79 Å². The summed E-state index contributed by atoms with van der Waals surface area (Å²) in [4.78, 5) is 39.1. The SMILES string of the molecule is CCN(C(=O)Cn1c(=O)c(C#N)cn(C2CC2)c1=O)C1=CCCC1. The molecule has 0 radical (unpaired) electrons. The van der Waals surface area contributed by atoms with Crippen LogP contribution in [0.25, 0.3) is 0 Å². The fraction of sp³-hybridized carbons (Fsp3) is 0.529. The van der Waals surface area contributed by atoms with Crippen molar-refractivity contribution in [2.45, 2.75) is 51.6 Å². The summed E-state index contributed by atoms with van der Waals surface area (Å²) in [7, 11) is 0. The molecule has 0 aliphatic heterocycles. The Hall–Kier alpha value is -2.62. The summed E-state index contributed by atoms with van der Waals surface area (Å²) in [5.41, 5.74) is -0.345. The molecule has 1 aromatic rings. The topological polar surface area (TPSA) is 88.1 Å². The monoisotopic (exact) mass is 328 g/mol. The minimum Gasteiger partial charge on any atom is -0.315 e. The first-order valence-electron chi connectivity index (χ1n) is 8.32. The van der Waals surface area contributed by atoms with E-state index < -0.39 is 11.2 Å². The molecule has 2 aliphatic carbocycles. The van der Waals surface area contributed by atoms with Gasteiger partial charge in [0, 0.05) is 24.5 Å². The Morgan fingerprint density at radius 1 is 1.42 bits per heavy atom. The second-order valence-corrected chi connectivity index (χ2v) is 6.19. The zero-order valence-corrected chi connectivity index (χ0v) is 13.7. The van der Waals surface area contributed by atoms with Crippen molar-refractivity contribution in [2.75, 3.05) is 6.54 Å². The van der Waals surface area contributed by atoms with Gasteiger partial charge in [-0.1, -0.05) is 6.08 Å². The molecular formula is C17H20N4O3. The van der Waals surface area contributed by atoms with Crippen LogP contribution in [0, 0.1) is 11.3 Å². The van der Waals surface area contributed by atoms with Crippen LogP contribution in [-0.2, 0) is 11.3 Å². The highest BCUT2D eigenvalue weighted by Crippen LogP contribution is 2.33. The zero-order valence-electron chi connectivity index (χ0n) is 13.7. The number of likely N-dealkylation sites (N-methyl/N-ethyl adjacent to an activating group) is 1. The van der Waals surface area contributed by atoms with E-state index in [0.717, 1.165) is 42.4 Å². The summed E-state index contributed by atoms with van der Waals surface area (Å²) in [5.74, 6) is -0.290. The molecule has 0 N–H and O–H groups in total. The predicted molar refractivity (Wildman–Crippen MR) is 87.3 cm³/mol. The number of hydrogen-bond donors (Lipinski definition) is 0. The van der Waals surface area contributed by atoms with Crippen molar-refractivity contribution >= 4 is 5.91 Å². The third-order valence-corrected chi connectivity index (χ3v) is 4.53. The van der Waals surface area contributed by atoms with Gasteiger partial charge in [-0.3, -0.25) is 14.2 Å². The standard InChI is InChI=1S/C17H20N4O3/c1-2-19(13-5-3-4-6-13)15(22)11-21-16(23)12(9-18)10-20(17(21)24)14-7-8-14/h5,10,14H,2-4,6-8,11H2,1H3. The molecule has 0 saturated heterocycles. The molecule has 1 saturated carbocycles. The van der Waals surface area contributed by atoms with Gasteiger partial charge in [0.1, 0.15) is 18.2 Å². The lowest BCUT2D eigenvalue weighted by Crippen LogP contribution is -2.45. The van der Waals surface area contributed by atoms with E-state index in [1.54, 1.807) is 4.90 Å². The number of rotatable bonds is 5. The summed E-state index contributed by atoms with van der Waals surface area (Å²) < 4.78 is 2.32. The van der Waals surface area contributed by atoms with Gasteiger partial charge < -0.3 is 4.90 Å². The number of nitriles is 1. The van der Waals surface area contributed by atoms with E-state index in [9.17, 15) is 14.4 Å². The molecule has 0 atom stereocenters. The highest BCUT2D eigenvalue weighted by Gasteiger charge is 2.28. The van der Waals surface area contributed by atoms with Gasteiger partial charge in [-0.25, -0.2) is 9.36 Å². The molecule has 2 aliphatic rings. The maximum Gasteiger partial charge on any atom is 0.331 e. The maximum atomic E-state index is 12.6. The fourth-order valence-electron chi connectivity index (χ4n) is 3.11. The van der Waals surface area contributed by atoms with E-state index in [2.05, 4.69) is 0 Å². The zero-order chi connectivity index (χ0) is 17.3. The van der Waals surface area contributed by atoms with Crippen LogP contribution in [0.2, 0.25) is 0 Å². The normalized spacial score (nSPS) is 16.6. The lowest BCUT2D eigenvalue weighted by Gasteiger charge is -2.22. The van der Waals surface area contributed by atoms with Crippen LogP contribution in [0.5, 0.6) is 0 Å². The summed E-state index contributed by atoms with van der Waals surface area (Å²) >= 11 is 0. The quantitative estimate of drug-likeness (QED) is 0.810. The average molecular weight is 328 g/mol. The molecular weight excluding hydrogens is 308 g/mol. The van der Waals surface area contributed by atoms with Crippen molar-refractivity contribution in [3.8, 4) is 6.07 Å². The number of carbonyl (C=O) groups excluding carboxylic acids is 1. The first-order chi connectivity index (χ1) is 11.6. The second kappa shape index (κ2) is 6.48. The first-order valence-corrected chi connectivity index (χ1v) is 8.32. The van der Waals surface area contributed by atoms with Crippen molar-refractivity contribution in [3.05, 3.63) is 44.4 Å². The Kier molecular flexibility index (Phi) is 4.38. The van der Waals surface area contributed by atoms with Gasteiger partial charge in [0.25, 0.3) is 5.56 Å². The van der Waals surface area contributed by atoms with Gasteiger partial charge in [-0.15, -0.1) is 0 Å². The molecule has 1 aromatic heterocycles. The van der Waals surface area contributed by atoms with Crippen LogP contribution in [0.3, 0.4) is 0 Å². The summed E-state index contributed by atoms with van der Waals surface area (Å²) in [6, 6.07) is 1.86. The highest BCUT2D eigenvalue weighted by atomic mass is 16.2. The molecule has 126 valence electrons. The lowest BCUT2D eigenvalue weighted by atomic mass is 10.3. The molecule has 3 rings (SSSR count). The predicted octanol–water partition coefficient (Wildman–Crippen LogP) is 1.13. The summed E-state index contributed by atoms with van der Waals surface area (Å²) in [6.07, 6.45) is 7.84. The van der Waals surface area contributed by atoms with E-state index in [4.69, 9.17) is 5.26 Å². The minimum atomic E-state index is -0.691. The van der Waals surface area contributed by atoms with Crippen LogP contribution in [0.15, 0.2) is 27.6 Å². The van der Waals surface area contributed by atoms with Crippen LogP contribution in [0.4, 0.5) is 0 Å². The molecule has 0 bridgehead atoms. The van der Waals surface area contributed by atoms with Crippen LogP contribution in [-0.4, -0.2) is 26.5 Å². The minimum absolute atomic E-state index is 0.0337. The Bertz CT molecular complexity index is 852. The lowest BCUT2D eigenvalue weighted by molar-refractivity contribution is -0.130. The molecule has 0 unspecified atom stereocenters. The molecule has 1 heterocycles. The van der Waals surface area contributed by atoms with Gasteiger partial charge in [0.2, 0.25) is 5.91 Å². The van der Waals surface area contributed by atoms with Crippen LogP contribution < -0.4 is 11.2 Å². The van der Waals surface area contributed by atoms with Crippen molar-refractivity contribution in [1.82, 2.24) is 14.0 Å². The average Bonchev–Trinajstić information content (AvgIpc) is 3.28. The second-order valence-electron chi connectivity index (χ2n) is 6.19. The van der Waals surface area contributed by atoms with E-state index in [-0.39, 0.29) is 24.1 Å². The number of allylic oxidation sites excluding steroid dienone is 2. The van der Waals surface area contributed by atoms with Crippen LogP contribution >= 0.6 is 0 Å². The van der Waals surface area contributed by atoms with E-state index in [0.29, 0.717) is 6.54 Å². The van der Waals surface area contributed by atoms with Crippen molar-refractivity contribution in [2.24, 2.45) is 0 Å². The Labute approximate surface area is 139 Å². The third-order valence-electron chi connectivity index (χ3n) is 4.53. The maximum absolute atomic E-state index is 12.6. The number of amides is 1. The first kappa shape index (κ1) is 16.2. The Morgan fingerprint density at radius 2 is 2.17 bits per heavy atom. The molecule has 1 fully saturated rings. The number of carbonyl (C=O) groups is 1. The number of hydrogen-bond acceptors (Lipinski definition) is 4. The number of nitrogens with zero attached hydrogens (tertiary/aromatic N) is 4. The molecule has 24 heavy (non-hydrogen) atoms. The van der Waals surface area contributed by atoms with Gasteiger partial charge in [-0.05, 0) is 39.0 Å². The molecule has 7 heteroatoms. The Morgan fingerprint density at radius 3 is 2.71 bits per heavy atom. The molecule has 7 nitrogen and oxygen atoms in total. The van der Waals surface area contributed by atoms with Crippen molar-refractivity contribution in [3.63, 3.8) is 0 Å². The van der Waals surface area contributed by atoms with E-state index in [1.165, 1.54) is 10.8 Å². The molecule has 0 spiro atoms. The van der Waals surface area contributed by atoms with Crippen molar-refractivity contribution in [1.29, 1.82) is 5.26 Å². The van der Waals surface area contributed by atoms with Gasteiger partial charge >= 0.3 is 5.69 Å². The largest absolute Gasteiger partial charge is 0.331 e. The van der Waals surface area contributed by atoms with Gasteiger partial charge in [0.15, 0.2) is 0 Å². The summed E-state index contributed by atoms with van der Waals surface area (Å²) in [5, 5.41) is 9.14. The highest BCUT2D eigenvalue weighted by molar-refractivity contribution is 5.78. The molecule has 0 aromatic carbocycles.